The average Bonchev–Trinajstić information content (AvgIpc) is 2.80. The Bertz CT molecular complexity index is 629. The number of carboxylic acid groups (broad SMARTS) is 1. The van der Waals surface area contributed by atoms with Crippen LogP contribution in [0.2, 0.25) is 0 Å². The number of para-hydroxylation sites is 1. The van der Waals surface area contributed by atoms with Crippen molar-refractivity contribution in [2.45, 2.75) is 6.42 Å². The summed E-state index contributed by atoms with van der Waals surface area (Å²) in [7, 11) is 0. The Morgan fingerprint density at radius 2 is 2.00 bits per heavy atom. The number of nitrogens with one attached hydrogen (secondary N) is 1. The molecule has 110 valence electrons. The van der Waals surface area contributed by atoms with Gasteiger partial charge in [0.1, 0.15) is 5.56 Å². The smallest absolute Gasteiger partial charge is 0.282 e. The highest BCUT2D eigenvalue weighted by Gasteiger charge is 2.32. The minimum atomic E-state index is -1.38. The maximum Gasteiger partial charge on any atom is 0.282 e. The number of aliphatic carboxylic acids is 1. The van der Waals surface area contributed by atoms with Gasteiger partial charge in [-0.2, -0.15) is 0 Å². The lowest BCUT2D eigenvalue weighted by molar-refractivity contribution is -0.385. The van der Waals surface area contributed by atoms with Crippen LogP contribution >= 0.6 is 0 Å². The Morgan fingerprint density at radius 1 is 1.33 bits per heavy atom. The molecule has 1 aromatic rings. The molecule has 1 atom stereocenters. The highest BCUT2D eigenvalue weighted by molar-refractivity contribution is 5.99. The largest absolute Gasteiger partial charge is 0.550 e. The standard InChI is InChI=1S/C12H11N3O6/c16-10-5-7(12(18)19)6-14(10)13-11(17)8-3-1-2-4-9(8)15(20)21/h1-4,7H,5-6H2,(H,13,17)(H,18,19)/p-1/t7-/m1/s1. The van der Waals surface area contributed by atoms with Gasteiger partial charge in [0.05, 0.1) is 11.5 Å². The maximum atomic E-state index is 12.0. The molecular formula is C12H10N3O6-. The van der Waals surface area contributed by atoms with E-state index in [-0.39, 0.29) is 18.5 Å². The summed E-state index contributed by atoms with van der Waals surface area (Å²) in [5, 5.41) is 22.4. The van der Waals surface area contributed by atoms with Gasteiger partial charge in [0.15, 0.2) is 0 Å². The predicted molar refractivity (Wildman–Crippen MR) is 65.4 cm³/mol. The molecule has 1 aliphatic rings. The third-order valence-corrected chi connectivity index (χ3v) is 3.04. The van der Waals surface area contributed by atoms with E-state index in [1.165, 1.54) is 18.2 Å². The fourth-order valence-electron chi connectivity index (χ4n) is 1.98. The molecule has 9 heteroatoms. The van der Waals surface area contributed by atoms with E-state index < -0.39 is 34.3 Å². The third kappa shape index (κ3) is 2.96. The summed E-state index contributed by atoms with van der Waals surface area (Å²) >= 11 is 0. The molecule has 2 amide bonds. The molecule has 0 bridgehead atoms. The van der Waals surface area contributed by atoms with E-state index in [0.717, 1.165) is 11.1 Å². The van der Waals surface area contributed by atoms with Crippen LogP contribution in [0.25, 0.3) is 0 Å². The molecule has 9 nitrogen and oxygen atoms in total. The van der Waals surface area contributed by atoms with Gasteiger partial charge in [-0.15, -0.1) is 0 Å². The second-order valence-corrected chi connectivity index (χ2v) is 4.44. The molecular weight excluding hydrogens is 282 g/mol. The fraction of sp³-hybridized carbons (Fsp3) is 0.250. The highest BCUT2D eigenvalue weighted by atomic mass is 16.6. The molecule has 1 saturated heterocycles. The molecule has 0 aliphatic carbocycles. The number of hydrogen-bond acceptors (Lipinski definition) is 6. The van der Waals surface area contributed by atoms with E-state index in [2.05, 4.69) is 5.43 Å². The normalized spacial score (nSPS) is 17.6. The van der Waals surface area contributed by atoms with Gasteiger partial charge in [-0.25, -0.2) is 0 Å². The van der Waals surface area contributed by atoms with E-state index in [9.17, 15) is 29.6 Å². The summed E-state index contributed by atoms with van der Waals surface area (Å²) in [6, 6.07) is 5.24. The van der Waals surface area contributed by atoms with E-state index in [1.807, 2.05) is 0 Å². The van der Waals surface area contributed by atoms with Crippen molar-refractivity contribution in [1.29, 1.82) is 0 Å². The van der Waals surface area contributed by atoms with Crippen molar-refractivity contribution in [2.75, 3.05) is 6.54 Å². The first-order chi connectivity index (χ1) is 9.90. The zero-order valence-corrected chi connectivity index (χ0v) is 10.6. The Labute approximate surface area is 118 Å². The van der Waals surface area contributed by atoms with Gasteiger partial charge < -0.3 is 9.90 Å². The first-order valence-electron chi connectivity index (χ1n) is 5.95. The maximum absolute atomic E-state index is 12.0. The molecule has 21 heavy (non-hydrogen) atoms. The van der Waals surface area contributed by atoms with Crippen LogP contribution in [0.4, 0.5) is 5.69 Å². The fourth-order valence-corrected chi connectivity index (χ4v) is 1.98. The molecule has 0 unspecified atom stereocenters. The number of hydrazine groups is 1. The van der Waals surface area contributed by atoms with Crippen molar-refractivity contribution < 1.29 is 24.4 Å². The lowest BCUT2D eigenvalue weighted by atomic mass is 10.1. The van der Waals surface area contributed by atoms with Crippen LogP contribution in [-0.2, 0) is 9.59 Å². The van der Waals surface area contributed by atoms with Gasteiger partial charge >= 0.3 is 0 Å². The molecule has 1 aliphatic heterocycles. The highest BCUT2D eigenvalue weighted by Crippen LogP contribution is 2.19. The minimum absolute atomic E-state index is 0.216. The van der Waals surface area contributed by atoms with E-state index in [4.69, 9.17) is 0 Å². The lowest BCUT2D eigenvalue weighted by Gasteiger charge is -2.18. The summed E-state index contributed by atoms with van der Waals surface area (Å²) in [5.74, 6) is -3.83. The summed E-state index contributed by atoms with van der Waals surface area (Å²) in [5.41, 5.74) is 1.55. The van der Waals surface area contributed by atoms with Gasteiger partial charge in [0.2, 0.25) is 5.91 Å². The molecule has 0 aromatic heterocycles. The number of carboxylic acids is 1. The van der Waals surface area contributed by atoms with Crippen LogP contribution in [0.15, 0.2) is 24.3 Å². The second kappa shape index (κ2) is 5.57. The molecule has 2 rings (SSSR count). The number of nitro groups is 1. The summed E-state index contributed by atoms with van der Waals surface area (Å²) < 4.78 is 0. The van der Waals surface area contributed by atoms with E-state index in [0.29, 0.717) is 0 Å². The third-order valence-electron chi connectivity index (χ3n) is 3.04. The number of hydrogen-bond donors (Lipinski definition) is 1. The molecule has 1 aromatic carbocycles. The molecule has 1 fully saturated rings. The van der Waals surface area contributed by atoms with Gasteiger partial charge in [-0.05, 0) is 6.07 Å². The number of nitrogens with zero attached hydrogens (tertiary/aromatic N) is 2. The van der Waals surface area contributed by atoms with Crippen LogP contribution < -0.4 is 10.5 Å². The number of amides is 2. The number of rotatable bonds is 4. The quantitative estimate of drug-likeness (QED) is 0.549. The van der Waals surface area contributed by atoms with Crippen LogP contribution in [0.1, 0.15) is 16.8 Å². The minimum Gasteiger partial charge on any atom is -0.550 e. The Balaban J connectivity index is 2.14. The van der Waals surface area contributed by atoms with Gasteiger partial charge in [-0.1, -0.05) is 12.1 Å². The van der Waals surface area contributed by atoms with Crippen LogP contribution in [0.3, 0.4) is 0 Å². The molecule has 0 spiro atoms. The van der Waals surface area contributed by atoms with Crippen LogP contribution in [0, 0.1) is 16.0 Å². The van der Waals surface area contributed by atoms with Crippen molar-refractivity contribution in [3.63, 3.8) is 0 Å². The Kier molecular flexibility index (Phi) is 3.83. The zero-order valence-electron chi connectivity index (χ0n) is 10.6. The number of carbonyl (C=O) groups excluding carboxylic acids is 3. The summed E-state index contributed by atoms with van der Waals surface area (Å²) in [4.78, 5) is 44.3. The summed E-state index contributed by atoms with van der Waals surface area (Å²) in [6.07, 6.45) is -0.278. The SMILES string of the molecule is O=C(NN1C[C@H](C(=O)[O-])CC1=O)c1ccccc1[N+](=O)[O-]. The zero-order chi connectivity index (χ0) is 15.6. The van der Waals surface area contributed by atoms with E-state index in [1.54, 1.807) is 0 Å². The van der Waals surface area contributed by atoms with Crippen molar-refractivity contribution in [3.05, 3.63) is 39.9 Å². The molecule has 1 N–H and O–H groups in total. The molecule has 0 radical (unpaired) electrons. The summed E-state index contributed by atoms with van der Waals surface area (Å²) in [6.45, 7) is -0.229. The number of carbonyl (C=O) groups is 3. The van der Waals surface area contributed by atoms with Crippen LogP contribution in [0.5, 0.6) is 0 Å². The predicted octanol–water partition coefficient (Wildman–Crippen LogP) is -1.16. The molecule has 1 heterocycles. The van der Waals surface area contributed by atoms with Crippen molar-refractivity contribution in [2.24, 2.45) is 5.92 Å². The van der Waals surface area contributed by atoms with Crippen molar-refractivity contribution in [1.82, 2.24) is 10.4 Å². The van der Waals surface area contributed by atoms with Gasteiger partial charge in [0.25, 0.3) is 11.6 Å². The Hall–Kier alpha value is -2.97. The van der Waals surface area contributed by atoms with Crippen LogP contribution in [-0.4, -0.2) is 34.3 Å². The topological polar surface area (TPSA) is 133 Å². The first kappa shape index (κ1) is 14.4. The van der Waals surface area contributed by atoms with Crippen molar-refractivity contribution >= 4 is 23.5 Å². The van der Waals surface area contributed by atoms with E-state index >= 15 is 0 Å². The monoisotopic (exact) mass is 292 g/mol. The average molecular weight is 292 g/mol. The number of nitro benzene ring substituents is 1. The second-order valence-electron chi connectivity index (χ2n) is 4.44. The lowest BCUT2D eigenvalue weighted by Crippen LogP contribution is -2.44. The van der Waals surface area contributed by atoms with Crippen molar-refractivity contribution in [3.8, 4) is 0 Å². The number of benzene rings is 1. The van der Waals surface area contributed by atoms with Gasteiger partial charge in [-0.3, -0.25) is 30.1 Å². The Morgan fingerprint density at radius 3 is 2.57 bits per heavy atom. The first-order valence-corrected chi connectivity index (χ1v) is 5.95. The van der Waals surface area contributed by atoms with Gasteiger partial charge in [0, 0.05) is 24.4 Å². The molecule has 0 saturated carbocycles.